The van der Waals surface area contributed by atoms with Gasteiger partial charge in [-0.05, 0) is 13.3 Å². The SMILES string of the molecule is CC(C#N)CC(CC(=O)O)C(=O)O. The lowest BCUT2D eigenvalue weighted by atomic mass is 9.94. The summed E-state index contributed by atoms with van der Waals surface area (Å²) < 4.78 is 0. The van der Waals surface area contributed by atoms with Gasteiger partial charge >= 0.3 is 11.9 Å². The van der Waals surface area contributed by atoms with Crippen molar-refractivity contribution < 1.29 is 19.8 Å². The molecular formula is C8H11NO4. The predicted octanol–water partition coefficient (Wildman–Crippen LogP) is 0.712. The van der Waals surface area contributed by atoms with Crippen molar-refractivity contribution in [2.24, 2.45) is 11.8 Å². The van der Waals surface area contributed by atoms with Gasteiger partial charge in [-0.15, -0.1) is 0 Å². The van der Waals surface area contributed by atoms with Crippen LogP contribution >= 0.6 is 0 Å². The van der Waals surface area contributed by atoms with Crippen LogP contribution in [-0.2, 0) is 9.59 Å². The Hall–Kier alpha value is -1.57. The first-order valence-electron chi connectivity index (χ1n) is 3.81. The molecule has 0 aliphatic carbocycles. The Bertz CT molecular complexity index is 243. The number of carboxylic acid groups (broad SMARTS) is 2. The number of hydrogen-bond acceptors (Lipinski definition) is 3. The number of carboxylic acids is 2. The first-order chi connectivity index (χ1) is 5.97. The van der Waals surface area contributed by atoms with E-state index in [-0.39, 0.29) is 6.42 Å². The molecular weight excluding hydrogens is 174 g/mol. The molecule has 2 N–H and O–H groups in total. The van der Waals surface area contributed by atoms with Crippen molar-refractivity contribution in [1.82, 2.24) is 0 Å². The Morgan fingerprint density at radius 3 is 2.31 bits per heavy atom. The number of aliphatic carboxylic acids is 2. The summed E-state index contributed by atoms with van der Waals surface area (Å²) in [5, 5.41) is 25.4. The van der Waals surface area contributed by atoms with E-state index in [9.17, 15) is 9.59 Å². The van der Waals surface area contributed by atoms with Crippen molar-refractivity contribution in [3.63, 3.8) is 0 Å². The molecule has 2 unspecified atom stereocenters. The standard InChI is InChI=1S/C8H11NO4/c1-5(4-9)2-6(8(12)13)3-7(10)11/h5-6H,2-3H2,1H3,(H,10,11)(H,12,13). The molecule has 72 valence electrons. The summed E-state index contributed by atoms with van der Waals surface area (Å²) in [5.41, 5.74) is 0. The zero-order valence-corrected chi connectivity index (χ0v) is 7.23. The fraction of sp³-hybridized carbons (Fsp3) is 0.625. The highest BCUT2D eigenvalue weighted by molar-refractivity contribution is 5.77. The van der Waals surface area contributed by atoms with E-state index >= 15 is 0 Å². The molecule has 2 atom stereocenters. The van der Waals surface area contributed by atoms with Crippen molar-refractivity contribution in [2.45, 2.75) is 19.8 Å². The van der Waals surface area contributed by atoms with Crippen LogP contribution in [-0.4, -0.2) is 22.2 Å². The van der Waals surface area contributed by atoms with Crippen LogP contribution in [0.25, 0.3) is 0 Å². The molecule has 0 bridgehead atoms. The molecule has 5 nitrogen and oxygen atoms in total. The summed E-state index contributed by atoms with van der Waals surface area (Å²) in [5.74, 6) is -3.71. The average Bonchev–Trinajstić information content (AvgIpc) is 2.02. The van der Waals surface area contributed by atoms with E-state index in [0.29, 0.717) is 0 Å². The van der Waals surface area contributed by atoms with Gasteiger partial charge in [-0.1, -0.05) is 0 Å². The van der Waals surface area contributed by atoms with Gasteiger partial charge in [0, 0.05) is 5.92 Å². The van der Waals surface area contributed by atoms with Crippen molar-refractivity contribution >= 4 is 11.9 Å². The second kappa shape index (κ2) is 5.14. The van der Waals surface area contributed by atoms with Gasteiger partial charge in [0.2, 0.25) is 0 Å². The lowest BCUT2D eigenvalue weighted by molar-refractivity contribution is -0.148. The smallest absolute Gasteiger partial charge is 0.307 e. The lowest BCUT2D eigenvalue weighted by Gasteiger charge is -2.09. The molecule has 5 heteroatoms. The van der Waals surface area contributed by atoms with Crippen molar-refractivity contribution in [1.29, 1.82) is 5.26 Å². The molecule has 0 aliphatic heterocycles. The Balaban J connectivity index is 4.20. The summed E-state index contributed by atoms with van der Waals surface area (Å²) in [4.78, 5) is 20.8. The van der Waals surface area contributed by atoms with Gasteiger partial charge in [-0.3, -0.25) is 9.59 Å². The quantitative estimate of drug-likeness (QED) is 0.657. The van der Waals surface area contributed by atoms with Crippen LogP contribution in [0.4, 0.5) is 0 Å². The van der Waals surface area contributed by atoms with E-state index in [2.05, 4.69) is 0 Å². The molecule has 0 aromatic carbocycles. The molecule has 0 fully saturated rings. The van der Waals surface area contributed by atoms with Gasteiger partial charge in [-0.25, -0.2) is 0 Å². The molecule has 0 rings (SSSR count). The summed E-state index contributed by atoms with van der Waals surface area (Å²) in [6.07, 6.45) is -0.348. The minimum atomic E-state index is -1.16. The van der Waals surface area contributed by atoms with E-state index in [1.807, 2.05) is 6.07 Å². The molecule has 0 radical (unpaired) electrons. The molecule has 0 aromatic rings. The molecule has 0 aliphatic rings. The highest BCUT2D eigenvalue weighted by Gasteiger charge is 2.22. The third kappa shape index (κ3) is 4.80. The lowest BCUT2D eigenvalue weighted by Crippen LogP contribution is -2.19. The van der Waals surface area contributed by atoms with Crippen LogP contribution in [0.3, 0.4) is 0 Å². The molecule has 0 saturated carbocycles. The number of nitriles is 1. The van der Waals surface area contributed by atoms with Gasteiger partial charge < -0.3 is 10.2 Å². The fourth-order valence-corrected chi connectivity index (χ4v) is 0.962. The van der Waals surface area contributed by atoms with Crippen LogP contribution in [0, 0.1) is 23.2 Å². The Labute approximate surface area is 75.6 Å². The number of carbonyl (C=O) groups is 2. The second-order valence-corrected chi connectivity index (χ2v) is 2.90. The van der Waals surface area contributed by atoms with Crippen LogP contribution in [0.1, 0.15) is 19.8 Å². The van der Waals surface area contributed by atoms with E-state index in [1.54, 1.807) is 6.92 Å². The first kappa shape index (κ1) is 11.4. The summed E-state index contributed by atoms with van der Waals surface area (Å²) in [6.45, 7) is 1.57. The van der Waals surface area contributed by atoms with E-state index in [4.69, 9.17) is 15.5 Å². The van der Waals surface area contributed by atoms with Crippen LogP contribution in [0.5, 0.6) is 0 Å². The molecule has 0 amide bonds. The normalized spacial score (nSPS) is 14.2. The maximum Gasteiger partial charge on any atom is 0.307 e. The molecule has 0 spiro atoms. The van der Waals surface area contributed by atoms with Gasteiger partial charge in [0.15, 0.2) is 0 Å². The van der Waals surface area contributed by atoms with Gasteiger partial charge in [0.05, 0.1) is 18.4 Å². The third-order valence-corrected chi connectivity index (χ3v) is 1.63. The highest BCUT2D eigenvalue weighted by Crippen LogP contribution is 2.15. The van der Waals surface area contributed by atoms with Gasteiger partial charge in [0.25, 0.3) is 0 Å². The Morgan fingerprint density at radius 1 is 1.46 bits per heavy atom. The minimum Gasteiger partial charge on any atom is -0.481 e. The minimum absolute atomic E-state index is 0.0815. The van der Waals surface area contributed by atoms with Gasteiger partial charge in [-0.2, -0.15) is 5.26 Å². The number of rotatable bonds is 5. The van der Waals surface area contributed by atoms with E-state index in [0.717, 1.165) is 0 Å². The fourth-order valence-electron chi connectivity index (χ4n) is 0.962. The van der Waals surface area contributed by atoms with Crippen LogP contribution < -0.4 is 0 Å². The van der Waals surface area contributed by atoms with Gasteiger partial charge in [0.1, 0.15) is 0 Å². The number of nitrogens with zero attached hydrogens (tertiary/aromatic N) is 1. The average molecular weight is 185 g/mol. The van der Waals surface area contributed by atoms with E-state index < -0.39 is 30.2 Å². The zero-order chi connectivity index (χ0) is 10.4. The zero-order valence-electron chi connectivity index (χ0n) is 7.23. The molecule has 0 saturated heterocycles. The molecule has 0 heterocycles. The van der Waals surface area contributed by atoms with E-state index in [1.165, 1.54) is 0 Å². The monoisotopic (exact) mass is 185 g/mol. The highest BCUT2D eigenvalue weighted by atomic mass is 16.4. The van der Waals surface area contributed by atoms with Crippen LogP contribution in [0.15, 0.2) is 0 Å². The largest absolute Gasteiger partial charge is 0.481 e. The van der Waals surface area contributed by atoms with Crippen LogP contribution in [0.2, 0.25) is 0 Å². The van der Waals surface area contributed by atoms with Crippen molar-refractivity contribution in [3.8, 4) is 6.07 Å². The number of hydrogen-bond donors (Lipinski definition) is 2. The third-order valence-electron chi connectivity index (χ3n) is 1.63. The maximum atomic E-state index is 10.5. The Kier molecular flexibility index (Phi) is 4.52. The molecule has 0 aromatic heterocycles. The Morgan fingerprint density at radius 2 is 2.00 bits per heavy atom. The summed E-state index contributed by atoms with van der Waals surface area (Å²) >= 11 is 0. The molecule has 13 heavy (non-hydrogen) atoms. The van der Waals surface area contributed by atoms with Crippen molar-refractivity contribution in [2.75, 3.05) is 0 Å². The summed E-state index contributed by atoms with van der Waals surface area (Å²) in [6, 6.07) is 1.87. The van der Waals surface area contributed by atoms with Crippen molar-refractivity contribution in [3.05, 3.63) is 0 Å². The second-order valence-electron chi connectivity index (χ2n) is 2.90. The first-order valence-corrected chi connectivity index (χ1v) is 3.81. The topological polar surface area (TPSA) is 98.4 Å². The predicted molar refractivity (Wildman–Crippen MR) is 42.8 cm³/mol. The summed E-state index contributed by atoms with van der Waals surface area (Å²) in [7, 11) is 0. The maximum absolute atomic E-state index is 10.5.